The van der Waals surface area contributed by atoms with Gasteiger partial charge in [0.1, 0.15) is 12.4 Å². The molecule has 4 rings (SSSR count). The minimum Gasteiger partial charge on any atom is -0.329 e. The SMILES string of the molecule is N[C@@H](CC(=O)N1CC(=O)N(Cc2ccccc2)c2ccccc2C1)Cc1cc(F)c(F)cc1F. The standard InChI is InChI=1S/C26H24F3N3O2/c27-21-13-23(29)22(28)11-19(21)10-20(30)12-25(33)31-15-18-8-4-5-9-24(18)32(26(34)16-31)14-17-6-2-1-3-7-17/h1-9,11,13,20H,10,12,14-16,30H2/t20-/m1/s1. The molecule has 176 valence electrons. The number of hydrogen-bond acceptors (Lipinski definition) is 3. The number of carbonyl (C=O) groups is 2. The minimum atomic E-state index is -1.28. The topological polar surface area (TPSA) is 66.6 Å². The third-order valence-electron chi connectivity index (χ3n) is 5.82. The molecule has 3 aromatic carbocycles. The van der Waals surface area contributed by atoms with Gasteiger partial charge in [-0.1, -0.05) is 48.5 Å². The van der Waals surface area contributed by atoms with Gasteiger partial charge in [-0.25, -0.2) is 13.2 Å². The molecule has 3 aromatic rings. The highest BCUT2D eigenvalue weighted by Crippen LogP contribution is 2.27. The van der Waals surface area contributed by atoms with Gasteiger partial charge < -0.3 is 15.5 Å². The van der Waals surface area contributed by atoms with Crippen molar-refractivity contribution in [3.8, 4) is 0 Å². The average Bonchev–Trinajstić information content (AvgIpc) is 2.95. The molecule has 8 heteroatoms. The van der Waals surface area contributed by atoms with E-state index in [1.165, 1.54) is 4.90 Å². The van der Waals surface area contributed by atoms with Gasteiger partial charge in [-0.05, 0) is 35.2 Å². The summed E-state index contributed by atoms with van der Waals surface area (Å²) in [5.41, 5.74) is 8.45. The average molecular weight is 467 g/mol. The molecular formula is C26H24F3N3O2. The Morgan fingerprint density at radius 1 is 0.912 bits per heavy atom. The molecule has 1 aliphatic heterocycles. The Labute approximate surface area is 195 Å². The van der Waals surface area contributed by atoms with Crippen LogP contribution >= 0.6 is 0 Å². The normalized spacial score (nSPS) is 14.5. The van der Waals surface area contributed by atoms with Crippen LogP contribution in [0.4, 0.5) is 18.9 Å². The number of nitrogens with two attached hydrogens (primary N) is 1. The maximum Gasteiger partial charge on any atom is 0.246 e. The first-order valence-electron chi connectivity index (χ1n) is 10.9. The van der Waals surface area contributed by atoms with E-state index in [9.17, 15) is 22.8 Å². The summed E-state index contributed by atoms with van der Waals surface area (Å²) in [4.78, 5) is 29.3. The predicted octanol–water partition coefficient (Wildman–Crippen LogP) is 3.94. The lowest BCUT2D eigenvalue weighted by Gasteiger charge is -2.23. The number of carbonyl (C=O) groups excluding carboxylic acids is 2. The van der Waals surface area contributed by atoms with Gasteiger partial charge >= 0.3 is 0 Å². The van der Waals surface area contributed by atoms with E-state index in [0.29, 0.717) is 12.6 Å². The van der Waals surface area contributed by atoms with Crippen molar-refractivity contribution in [3.05, 3.63) is 101 Å². The van der Waals surface area contributed by atoms with E-state index in [4.69, 9.17) is 5.73 Å². The second-order valence-electron chi connectivity index (χ2n) is 8.37. The molecule has 1 atom stereocenters. The molecule has 0 aliphatic carbocycles. The highest BCUT2D eigenvalue weighted by Gasteiger charge is 2.29. The van der Waals surface area contributed by atoms with Crippen molar-refractivity contribution in [1.29, 1.82) is 0 Å². The first-order valence-corrected chi connectivity index (χ1v) is 10.9. The molecule has 0 aromatic heterocycles. The van der Waals surface area contributed by atoms with Crippen LogP contribution in [0.3, 0.4) is 0 Å². The zero-order chi connectivity index (χ0) is 24.2. The first kappa shape index (κ1) is 23.5. The highest BCUT2D eigenvalue weighted by molar-refractivity contribution is 5.98. The van der Waals surface area contributed by atoms with Crippen molar-refractivity contribution >= 4 is 17.5 Å². The van der Waals surface area contributed by atoms with Crippen molar-refractivity contribution in [3.63, 3.8) is 0 Å². The number of halogens is 3. The van der Waals surface area contributed by atoms with Crippen LogP contribution in [0.15, 0.2) is 66.7 Å². The van der Waals surface area contributed by atoms with E-state index in [0.717, 1.165) is 22.9 Å². The summed E-state index contributed by atoms with van der Waals surface area (Å²) in [5, 5.41) is 0. The smallest absolute Gasteiger partial charge is 0.246 e. The van der Waals surface area contributed by atoms with Gasteiger partial charge in [0.15, 0.2) is 11.6 Å². The molecule has 0 unspecified atom stereocenters. The zero-order valence-corrected chi connectivity index (χ0v) is 18.4. The predicted molar refractivity (Wildman–Crippen MR) is 122 cm³/mol. The van der Waals surface area contributed by atoms with Crippen LogP contribution in [0.2, 0.25) is 0 Å². The lowest BCUT2D eigenvalue weighted by molar-refractivity contribution is -0.135. The Balaban J connectivity index is 1.49. The molecule has 0 spiro atoms. The fourth-order valence-corrected chi connectivity index (χ4v) is 4.10. The number of hydrogen-bond donors (Lipinski definition) is 1. The van der Waals surface area contributed by atoms with Crippen molar-refractivity contribution in [1.82, 2.24) is 4.90 Å². The molecule has 2 N–H and O–H groups in total. The quantitative estimate of drug-likeness (QED) is 0.559. The molecule has 2 amide bonds. The Morgan fingerprint density at radius 2 is 1.59 bits per heavy atom. The molecule has 0 saturated heterocycles. The molecule has 1 aliphatic rings. The molecule has 34 heavy (non-hydrogen) atoms. The summed E-state index contributed by atoms with van der Waals surface area (Å²) in [5.74, 6) is -3.99. The monoisotopic (exact) mass is 467 g/mol. The summed E-state index contributed by atoms with van der Waals surface area (Å²) in [6.07, 6.45) is -0.320. The Morgan fingerprint density at radius 3 is 2.35 bits per heavy atom. The lowest BCUT2D eigenvalue weighted by Crippen LogP contribution is -2.41. The second kappa shape index (κ2) is 10.1. The van der Waals surface area contributed by atoms with E-state index >= 15 is 0 Å². The van der Waals surface area contributed by atoms with Crippen LogP contribution in [0.5, 0.6) is 0 Å². The van der Waals surface area contributed by atoms with Crippen LogP contribution in [-0.2, 0) is 29.1 Å². The third-order valence-corrected chi connectivity index (χ3v) is 5.82. The third kappa shape index (κ3) is 5.28. The van der Waals surface area contributed by atoms with Gasteiger partial charge in [-0.15, -0.1) is 0 Å². The molecular weight excluding hydrogens is 443 g/mol. The van der Waals surface area contributed by atoms with E-state index in [1.54, 1.807) is 4.90 Å². The van der Waals surface area contributed by atoms with Gasteiger partial charge in [0, 0.05) is 30.8 Å². The molecule has 0 saturated carbocycles. The van der Waals surface area contributed by atoms with E-state index in [-0.39, 0.29) is 43.3 Å². The van der Waals surface area contributed by atoms with Crippen molar-refractivity contribution in [2.75, 3.05) is 11.4 Å². The van der Waals surface area contributed by atoms with Gasteiger partial charge in [0.05, 0.1) is 6.54 Å². The molecule has 1 heterocycles. The largest absolute Gasteiger partial charge is 0.329 e. The summed E-state index contributed by atoms with van der Waals surface area (Å²) in [6, 6.07) is 17.3. The minimum absolute atomic E-state index is 0.106. The van der Waals surface area contributed by atoms with Crippen molar-refractivity contribution in [2.24, 2.45) is 5.73 Å². The summed E-state index contributed by atoms with van der Waals surface area (Å²) in [6.45, 7) is 0.457. The number of para-hydroxylation sites is 1. The lowest BCUT2D eigenvalue weighted by atomic mass is 10.0. The van der Waals surface area contributed by atoms with Gasteiger partial charge in [0.25, 0.3) is 0 Å². The van der Waals surface area contributed by atoms with Crippen LogP contribution in [-0.4, -0.2) is 29.3 Å². The number of amides is 2. The van der Waals surface area contributed by atoms with Crippen LogP contribution in [0, 0.1) is 17.5 Å². The molecule has 0 bridgehead atoms. The van der Waals surface area contributed by atoms with Gasteiger partial charge in [0.2, 0.25) is 11.8 Å². The fourth-order valence-electron chi connectivity index (χ4n) is 4.10. The van der Waals surface area contributed by atoms with Crippen molar-refractivity contribution < 1.29 is 22.8 Å². The van der Waals surface area contributed by atoms with E-state index in [2.05, 4.69) is 0 Å². The van der Waals surface area contributed by atoms with Crippen molar-refractivity contribution in [2.45, 2.75) is 32.0 Å². The Kier molecular flexibility index (Phi) is 6.98. The zero-order valence-electron chi connectivity index (χ0n) is 18.4. The summed E-state index contributed by atoms with van der Waals surface area (Å²) < 4.78 is 40.6. The first-order chi connectivity index (χ1) is 16.3. The van der Waals surface area contributed by atoms with Crippen LogP contribution in [0.1, 0.15) is 23.1 Å². The summed E-state index contributed by atoms with van der Waals surface area (Å²) >= 11 is 0. The fraction of sp³-hybridized carbons (Fsp3) is 0.231. The Hall–Kier alpha value is -3.65. The number of rotatable bonds is 6. The number of benzene rings is 3. The van der Waals surface area contributed by atoms with Gasteiger partial charge in [-0.3, -0.25) is 9.59 Å². The number of anilines is 1. The molecule has 0 radical (unpaired) electrons. The second-order valence-corrected chi connectivity index (χ2v) is 8.37. The van der Waals surface area contributed by atoms with Crippen LogP contribution < -0.4 is 10.6 Å². The maximum atomic E-state index is 14.0. The highest BCUT2D eigenvalue weighted by atomic mass is 19.2. The number of nitrogens with zero attached hydrogens (tertiary/aromatic N) is 2. The van der Waals surface area contributed by atoms with Gasteiger partial charge in [-0.2, -0.15) is 0 Å². The summed E-state index contributed by atoms with van der Waals surface area (Å²) in [7, 11) is 0. The molecule has 0 fully saturated rings. The maximum absolute atomic E-state index is 14.0. The van der Waals surface area contributed by atoms with Crippen LogP contribution in [0.25, 0.3) is 0 Å². The van der Waals surface area contributed by atoms with E-state index in [1.807, 2.05) is 54.6 Å². The number of fused-ring (bicyclic) bond motifs is 1. The van der Waals surface area contributed by atoms with E-state index < -0.39 is 23.5 Å². The molecule has 5 nitrogen and oxygen atoms in total. The Bertz CT molecular complexity index is 1200.